The van der Waals surface area contributed by atoms with E-state index in [9.17, 15) is 4.79 Å². The van der Waals surface area contributed by atoms with E-state index in [1.807, 2.05) is 17.2 Å². The van der Waals surface area contributed by atoms with Gasteiger partial charge in [0.25, 0.3) is 0 Å². The Morgan fingerprint density at radius 3 is 2.35 bits per heavy atom. The van der Waals surface area contributed by atoms with Crippen molar-refractivity contribution >= 4 is 28.4 Å². The average molecular weight is 417 g/mol. The number of rotatable bonds is 3. The molecule has 1 amide bonds. The quantitative estimate of drug-likeness (QED) is 0.654. The van der Waals surface area contributed by atoms with Gasteiger partial charge in [0.1, 0.15) is 0 Å². The second-order valence-electron chi connectivity index (χ2n) is 8.47. The Morgan fingerprint density at radius 2 is 1.61 bits per heavy atom. The van der Waals surface area contributed by atoms with Crippen molar-refractivity contribution in [2.24, 2.45) is 5.92 Å². The van der Waals surface area contributed by atoms with Gasteiger partial charge in [-0.3, -0.25) is 9.78 Å². The number of amides is 1. The van der Waals surface area contributed by atoms with Crippen LogP contribution in [0.25, 0.3) is 10.9 Å². The number of carbonyl (C=O) groups is 1. The molecule has 160 valence electrons. The zero-order chi connectivity index (χ0) is 21.2. The molecule has 31 heavy (non-hydrogen) atoms. The van der Waals surface area contributed by atoms with Gasteiger partial charge in [-0.1, -0.05) is 11.6 Å². The van der Waals surface area contributed by atoms with Crippen LogP contribution in [0.1, 0.15) is 18.4 Å². The lowest BCUT2D eigenvalue weighted by atomic mass is 9.94. The second kappa shape index (κ2) is 8.49. The Hall–Kier alpha value is -3.22. The Kier molecular flexibility index (Phi) is 5.40. The summed E-state index contributed by atoms with van der Waals surface area (Å²) < 4.78 is 0. The normalized spacial score (nSPS) is 17.9. The molecule has 4 heterocycles. The van der Waals surface area contributed by atoms with Crippen molar-refractivity contribution in [2.45, 2.75) is 19.8 Å². The lowest BCUT2D eigenvalue weighted by molar-refractivity contribution is -0.136. The molecule has 3 aromatic rings. The van der Waals surface area contributed by atoms with E-state index in [2.05, 4.69) is 55.9 Å². The van der Waals surface area contributed by atoms with Crippen molar-refractivity contribution in [3.05, 3.63) is 54.5 Å². The van der Waals surface area contributed by atoms with E-state index < -0.39 is 0 Å². The molecular formula is C24H28N6O. The highest BCUT2D eigenvalue weighted by Gasteiger charge is 2.31. The van der Waals surface area contributed by atoms with Crippen LogP contribution < -0.4 is 9.80 Å². The summed E-state index contributed by atoms with van der Waals surface area (Å²) in [5.41, 5.74) is 3.50. The minimum Gasteiger partial charge on any atom is -0.371 e. The maximum Gasteiger partial charge on any atom is 0.225 e. The molecule has 7 nitrogen and oxygen atoms in total. The highest BCUT2D eigenvalue weighted by molar-refractivity contribution is 5.92. The van der Waals surface area contributed by atoms with Crippen LogP contribution in [0.3, 0.4) is 0 Å². The standard InChI is InChI=1S/C24H28N6O/c1-18-3-4-21-20(17-18)22(5-10-25-21)28-11-6-19(7-12-28)23(31)29-13-15-30(16-14-29)24-26-8-2-9-27-24/h2-5,8-10,17,19H,6-7,11-16H2,1H3. The molecule has 2 aliphatic heterocycles. The molecule has 7 heteroatoms. The van der Waals surface area contributed by atoms with Gasteiger partial charge in [-0.05, 0) is 44.0 Å². The summed E-state index contributed by atoms with van der Waals surface area (Å²) >= 11 is 0. The Labute approximate surface area is 182 Å². The molecule has 0 spiro atoms. The fourth-order valence-corrected chi connectivity index (χ4v) is 4.73. The summed E-state index contributed by atoms with van der Waals surface area (Å²) in [6, 6.07) is 10.3. The van der Waals surface area contributed by atoms with Crippen LogP contribution in [0.2, 0.25) is 0 Å². The van der Waals surface area contributed by atoms with Gasteiger partial charge in [-0.25, -0.2) is 9.97 Å². The molecule has 0 N–H and O–H groups in total. The largest absolute Gasteiger partial charge is 0.371 e. The highest BCUT2D eigenvalue weighted by Crippen LogP contribution is 2.30. The van der Waals surface area contributed by atoms with E-state index in [-0.39, 0.29) is 5.92 Å². The molecule has 0 aliphatic carbocycles. The number of carbonyl (C=O) groups excluding carboxylic acids is 1. The van der Waals surface area contributed by atoms with E-state index in [0.717, 1.165) is 63.6 Å². The van der Waals surface area contributed by atoms with Gasteiger partial charge in [0.15, 0.2) is 0 Å². The number of anilines is 2. The smallest absolute Gasteiger partial charge is 0.225 e. The van der Waals surface area contributed by atoms with Crippen LogP contribution in [-0.2, 0) is 4.79 Å². The van der Waals surface area contributed by atoms with E-state index in [4.69, 9.17) is 0 Å². The summed E-state index contributed by atoms with van der Waals surface area (Å²) in [5, 5.41) is 1.20. The van der Waals surface area contributed by atoms with E-state index in [1.165, 1.54) is 16.6 Å². The highest BCUT2D eigenvalue weighted by atomic mass is 16.2. The summed E-state index contributed by atoms with van der Waals surface area (Å²) in [4.78, 5) is 32.9. The zero-order valence-electron chi connectivity index (χ0n) is 17.9. The summed E-state index contributed by atoms with van der Waals surface area (Å²) in [5.74, 6) is 1.18. The second-order valence-corrected chi connectivity index (χ2v) is 8.47. The monoisotopic (exact) mass is 416 g/mol. The van der Waals surface area contributed by atoms with E-state index in [1.54, 1.807) is 12.4 Å². The van der Waals surface area contributed by atoms with Crippen LogP contribution in [0.15, 0.2) is 48.9 Å². The van der Waals surface area contributed by atoms with Crippen molar-refractivity contribution in [3.63, 3.8) is 0 Å². The Morgan fingerprint density at radius 1 is 0.871 bits per heavy atom. The van der Waals surface area contributed by atoms with Crippen LogP contribution in [0, 0.1) is 12.8 Å². The first-order valence-corrected chi connectivity index (χ1v) is 11.1. The number of hydrogen-bond donors (Lipinski definition) is 0. The molecule has 2 aromatic heterocycles. The lowest BCUT2D eigenvalue weighted by Crippen LogP contribution is -2.52. The van der Waals surface area contributed by atoms with E-state index >= 15 is 0 Å². The number of piperazine rings is 1. The number of piperidine rings is 1. The zero-order valence-corrected chi connectivity index (χ0v) is 17.9. The molecule has 2 aliphatic rings. The third kappa shape index (κ3) is 4.04. The van der Waals surface area contributed by atoms with Gasteiger partial charge in [-0.15, -0.1) is 0 Å². The first-order chi connectivity index (χ1) is 15.2. The minimum absolute atomic E-state index is 0.116. The number of benzene rings is 1. The molecule has 0 bridgehead atoms. The molecule has 0 unspecified atom stereocenters. The van der Waals surface area contributed by atoms with Gasteiger partial charge in [0.2, 0.25) is 11.9 Å². The first kappa shape index (κ1) is 19.7. The van der Waals surface area contributed by atoms with Crippen molar-refractivity contribution in [2.75, 3.05) is 49.1 Å². The SMILES string of the molecule is Cc1ccc2nccc(N3CCC(C(=O)N4CCN(c5ncccn5)CC4)CC3)c2c1. The number of nitrogens with zero attached hydrogens (tertiary/aromatic N) is 6. The number of hydrogen-bond acceptors (Lipinski definition) is 6. The van der Waals surface area contributed by atoms with E-state index in [0.29, 0.717) is 5.91 Å². The fourth-order valence-electron chi connectivity index (χ4n) is 4.73. The number of aryl methyl sites for hydroxylation is 1. The molecule has 2 fully saturated rings. The predicted molar refractivity (Wildman–Crippen MR) is 122 cm³/mol. The number of aromatic nitrogens is 3. The molecule has 2 saturated heterocycles. The van der Waals surface area contributed by atoms with Crippen molar-refractivity contribution in [1.82, 2.24) is 19.9 Å². The van der Waals surface area contributed by atoms with Crippen LogP contribution in [0.4, 0.5) is 11.6 Å². The van der Waals surface area contributed by atoms with Gasteiger partial charge in [-0.2, -0.15) is 0 Å². The molecule has 5 rings (SSSR count). The molecule has 0 radical (unpaired) electrons. The van der Waals surface area contributed by atoms with Gasteiger partial charge >= 0.3 is 0 Å². The number of pyridine rings is 1. The lowest BCUT2D eigenvalue weighted by Gasteiger charge is -2.39. The predicted octanol–water partition coefficient (Wildman–Crippen LogP) is 2.90. The molecule has 1 aromatic carbocycles. The maximum atomic E-state index is 13.1. The van der Waals surface area contributed by atoms with Gasteiger partial charge in [0.05, 0.1) is 5.52 Å². The van der Waals surface area contributed by atoms with Gasteiger partial charge < -0.3 is 14.7 Å². The average Bonchev–Trinajstić information content (AvgIpc) is 2.84. The summed E-state index contributed by atoms with van der Waals surface area (Å²) in [6.45, 7) is 6.98. The van der Waals surface area contributed by atoms with Gasteiger partial charge in [0, 0.05) is 74.9 Å². The summed E-state index contributed by atoms with van der Waals surface area (Å²) in [7, 11) is 0. The van der Waals surface area contributed by atoms with Crippen molar-refractivity contribution in [3.8, 4) is 0 Å². The van der Waals surface area contributed by atoms with Crippen molar-refractivity contribution < 1.29 is 4.79 Å². The first-order valence-electron chi connectivity index (χ1n) is 11.1. The van der Waals surface area contributed by atoms with Crippen molar-refractivity contribution in [1.29, 1.82) is 0 Å². The fraction of sp³-hybridized carbons (Fsp3) is 0.417. The molecular weight excluding hydrogens is 388 g/mol. The Bertz CT molecular complexity index is 1060. The molecule has 0 atom stereocenters. The molecule has 0 saturated carbocycles. The Balaban J connectivity index is 1.20. The number of fused-ring (bicyclic) bond motifs is 1. The summed E-state index contributed by atoms with van der Waals surface area (Å²) in [6.07, 6.45) is 7.22. The topological polar surface area (TPSA) is 65.5 Å². The maximum absolute atomic E-state index is 13.1. The van der Waals surface area contributed by atoms with Crippen LogP contribution >= 0.6 is 0 Å². The third-order valence-electron chi connectivity index (χ3n) is 6.49. The van der Waals surface area contributed by atoms with Crippen LogP contribution in [-0.4, -0.2) is 65.0 Å². The van der Waals surface area contributed by atoms with Crippen LogP contribution in [0.5, 0.6) is 0 Å². The minimum atomic E-state index is 0.116. The third-order valence-corrected chi connectivity index (χ3v) is 6.49.